The fourth-order valence-electron chi connectivity index (χ4n) is 6.53. The molecule has 0 saturated carbocycles. The van der Waals surface area contributed by atoms with Gasteiger partial charge in [-0.15, -0.1) is 0 Å². The third-order valence-corrected chi connectivity index (χ3v) is 8.94. The third-order valence-electron chi connectivity index (χ3n) is 8.94. The summed E-state index contributed by atoms with van der Waals surface area (Å²) in [5.74, 6) is 0. The smallest absolute Gasteiger partial charge is 0.233 e. The van der Waals surface area contributed by atoms with E-state index in [0.717, 1.165) is 13.0 Å². The van der Waals surface area contributed by atoms with Crippen molar-refractivity contribution in [3.8, 4) is 0 Å². The summed E-state index contributed by atoms with van der Waals surface area (Å²) >= 11 is 0. The van der Waals surface area contributed by atoms with Gasteiger partial charge < -0.3 is 0 Å². The highest BCUT2D eigenvalue weighted by molar-refractivity contribution is 5.31. The highest BCUT2D eigenvalue weighted by Crippen LogP contribution is 2.41. The largest absolute Gasteiger partial charge is 0.244 e. The van der Waals surface area contributed by atoms with Crippen molar-refractivity contribution in [1.29, 1.82) is 0 Å². The van der Waals surface area contributed by atoms with Gasteiger partial charge >= 0.3 is 0 Å². The van der Waals surface area contributed by atoms with Gasteiger partial charge in [0.1, 0.15) is 25.0 Å². The summed E-state index contributed by atoms with van der Waals surface area (Å²) in [6, 6.07) is 33.5. The molecule has 0 spiro atoms. The van der Waals surface area contributed by atoms with Crippen LogP contribution in [0, 0.1) is 0 Å². The SMILES string of the molecule is CCCCCCCCCCCCCC(n1cc[n+](Cc2ccccc2)c1)C(C)(Cc1ccccc1)c1ccccc1. The molecular weight excluding hydrogens is 496 g/mol. The van der Waals surface area contributed by atoms with Gasteiger partial charge in [-0.25, -0.2) is 9.13 Å². The van der Waals surface area contributed by atoms with E-state index in [-0.39, 0.29) is 5.41 Å². The summed E-state index contributed by atoms with van der Waals surface area (Å²) in [5.41, 5.74) is 4.16. The van der Waals surface area contributed by atoms with E-state index in [9.17, 15) is 0 Å². The third kappa shape index (κ3) is 9.73. The Labute approximate surface area is 250 Å². The van der Waals surface area contributed by atoms with E-state index in [1.165, 1.54) is 93.7 Å². The average molecular weight is 550 g/mol. The van der Waals surface area contributed by atoms with E-state index in [1.54, 1.807) is 0 Å². The Morgan fingerprint density at radius 1 is 0.634 bits per heavy atom. The van der Waals surface area contributed by atoms with Crippen molar-refractivity contribution in [2.75, 3.05) is 0 Å². The molecule has 1 aromatic heterocycles. The number of rotatable bonds is 19. The molecule has 0 bridgehead atoms. The van der Waals surface area contributed by atoms with Gasteiger partial charge in [-0.3, -0.25) is 0 Å². The molecule has 2 unspecified atom stereocenters. The summed E-state index contributed by atoms with van der Waals surface area (Å²) in [6.45, 7) is 5.70. The molecule has 0 aliphatic carbocycles. The summed E-state index contributed by atoms with van der Waals surface area (Å²) < 4.78 is 4.87. The molecular formula is C39H53N2+. The number of unbranched alkanes of at least 4 members (excludes halogenated alkanes) is 10. The van der Waals surface area contributed by atoms with Crippen molar-refractivity contribution in [3.63, 3.8) is 0 Å². The standard InChI is InChI=1S/C39H53N2/c1-3-4-5-6-7-8-9-10-11-12-22-29-38(41-31-30-40(34-41)33-36-25-18-14-19-26-36)39(2,37-27-20-15-21-28-37)32-35-23-16-13-17-24-35/h13-21,23-28,30-31,34,38H,3-12,22,29,32-33H2,1-2H3/q+1. The number of nitrogens with zero attached hydrogens (tertiary/aromatic N) is 2. The van der Waals surface area contributed by atoms with Crippen LogP contribution in [0.5, 0.6) is 0 Å². The Bertz CT molecular complexity index is 1210. The molecule has 0 saturated heterocycles. The zero-order valence-corrected chi connectivity index (χ0v) is 25.8. The number of imidazole rings is 1. The van der Waals surface area contributed by atoms with Crippen LogP contribution in [-0.2, 0) is 18.4 Å². The first-order valence-corrected chi connectivity index (χ1v) is 16.4. The van der Waals surface area contributed by atoms with Gasteiger partial charge in [-0.1, -0.05) is 169 Å². The zero-order chi connectivity index (χ0) is 28.6. The fraction of sp³-hybridized carbons (Fsp3) is 0.462. The Morgan fingerprint density at radius 3 is 1.73 bits per heavy atom. The summed E-state index contributed by atoms with van der Waals surface area (Å²) in [6.07, 6.45) is 24.3. The summed E-state index contributed by atoms with van der Waals surface area (Å²) in [7, 11) is 0. The minimum Gasteiger partial charge on any atom is -0.233 e. The first-order chi connectivity index (χ1) is 20.2. The van der Waals surface area contributed by atoms with E-state index < -0.39 is 0 Å². The molecule has 1 heterocycles. The molecule has 4 rings (SSSR count). The van der Waals surface area contributed by atoms with Crippen LogP contribution in [0.25, 0.3) is 0 Å². The number of hydrogen-bond acceptors (Lipinski definition) is 0. The lowest BCUT2D eigenvalue weighted by molar-refractivity contribution is -0.688. The maximum absolute atomic E-state index is 2.52. The van der Waals surface area contributed by atoms with Crippen LogP contribution in [0.1, 0.15) is 114 Å². The fourth-order valence-corrected chi connectivity index (χ4v) is 6.53. The normalized spacial score (nSPS) is 13.6. The van der Waals surface area contributed by atoms with Crippen LogP contribution in [0.3, 0.4) is 0 Å². The zero-order valence-electron chi connectivity index (χ0n) is 25.8. The monoisotopic (exact) mass is 549 g/mol. The molecule has 2 nitrogen and oxygen atoms in total. The lowest BCUT2D eigenvalue weighted by Gasteiger charge is -2.37. The van der Waals surface area contributed by atoms with E-state index >= 15 is 0 Å². The van der Waals surface area contributed by atoms with E-state index in [2.05, 4.69) is 133 Å². The van der Waals surface area contributed by atoms with E-state index in [4.69, 9.17) is 0 Å². The van der Waals surface area contributed by atoms with Crippen molar-refractivity contribution >= 4 is 0 Å². The van der Waals surface area contributed by atoms with Gasteiger partial charge in [0.25, 0.3) is 0 Å². The van der Waals surface area contributed by atoms with Crippen molar-refractivity contribution in [2.45, 2.75) is 115 Å². The van der Waals surface area contributed by atoms with Crippen molar-refractivity contribution in [2.24, 2.45) is 0 Å². The molecule has 2 atom stereocenters. The second kappa shape index (κ2) is 17.0. The van der Waals surface area contributed by atoms with Crippen LogP contribution in [-0.4, -0.2) is 4.57 Å². The van der Waals surface area contributed by atoms with Crippen molar-refractivity contribution in [3.05, 3.63) is 126 Å². The predicted molar refractivity (Wildman–Crippen MR) is 174 cm³/mol. The predicted octanol–water partition coefficient (Wildman–Crippen LogP) is 10.3. The summed E-state index contributed by atoms with van der Waals surface area (Å²) in [4.78, 5) is 0. The highest BCUT2D eigenvalue weighted by Gasteiger charge is 2.40. The molecule has 0 fully saturated rings. The molecule has 0 radical (unpaired) electrons. The maximum atomic E-state index is 2.52. The average Bonchev–Trinajstić information content (AvgIpc) is 3.47. The van der Waals surface area contributed by atoms with Gasteiger partial charge in [0.15, 0.2) is 0 Å². The number of aromatic nitrogens is 2. The van der Waals surface area contributed by atoms with Crippen molar-refractivity contribution < 1.29 is 4.57 Å². The molecule has 0 amide bonds. The lowest BCUT2D eigenvalue weighted by atomic mass is 9.70. The van der Waals surface area contributed by atoms with E-state index in [0.29, 0.717) is 6.04 Å². The van der Waals surface area contributed by atoms with Crippen LogP contribution < -0.4 is 4.57 Å². The van der Waals surface area contributed by atoms with Gasteiger partial charge in [-0.2, -0.15) is 0 Å². The van der Waals surface area contributed by atoms with Crippen LogP contribution in [0.4, 0.5) is 0 Å². The first kappa shape index (κ1) is 30.8. The Hall–Kier alpha value is -3.13. The molecule has 41 heavy (non-hydrogen) atoms. The quantitative estimate of drug-likeness (QED) is 0.0812. The molecule has 0 aliphatic heterocycles. The molecule has 218 valence electrons. The minimum atomic E-state index is -0.0231. The topological polar surface area (TPSA) is 8.81 Å². The van der Waals surface area contributed by atoms with E-state index in [1.807, 2.05) is 0 Å². The molecule has 0 N–H and O–H groups in total. The Kier molecular flexibility index (Phi) is 12.8. The first-order valence-electron chi connectivity index (χ1n) is 16.4. The van der Waals surface area contributed by atoms with Gasteiger partial charge in [-0.05, 0) is 36.0 Å². The molecule has 4 aromatic rings. The second-order valence-corrected chi connectivity index (χ2v) is 12.3. The van der Waals surface area contributed by atoms with Gasteiger partial charge in [0.05, 0.1) is 0 Å². The van der Waals surface area contributed by atoms with Crippen LogP contribution in [0.15, 0.2) is 110 Å². The van der Waals surface area contributed by atoms with Crippen molar-refractivity contribution in [1.82, 2.24) is 4.57 Å². The van der Waals surface area contributed by atoms with Crippen LogP contribution in [0.2, 0.25) is 0 Å². The minimum absolute atomic E-state index is 0.0231. The molecule has 3 aromatic carbocycles. The Morgan fingerprint density at radius 2 is 1.15 bits per heavy atom. The Balaban J connectivity index is 1.47. The maximum Gasteiger partial charge on any atom is 0.244 e. The number of hydrogen-bond donors (Lipinski definition) is 0. The highest BCUT2D eigenvalue weighted by atomic mass is 15.1. The number of benzene rings is 3. The van der Waals surface area contributed by atoms with Gasteiger partial charge in [0, 0.05) is 5.41 Å². The van der Waals surface area contributed by atoms with Crippen LogP contribution >= 0.6 is 0 Å². The lowest BCUT2D eigenvalue weighted by Crippen LogP contribution is -2.38. The summed E-state index contributed by atoms with van der Waals surface area (Å²) in [5, 5.41) is 0. The molecule has 0 aliphatic rings. The van der Waals surface area contributed by atoms with Gasteiger partial charge in [0.2, 0.25) is 6.33 Å². The molecule has 2 heteroatoms. The second-order valence-electron chi connectivity index (χ2n) is 12.3.